The molecule has 0 fully saturated rings. The molecule has 0 atom stereocenters. The maximum atomic E-state index is 11.4. The average Bonchev–Trinajstić information content (AvgIpc) is 2.82. The Bertz CT molecular complexity index is 708. The van der Waals surface area contributed by atoms with Crippen LogP contribution in [0.1, 0.15) is 6.92 Å². The van der Waals surface area contributed by atoms with Crippen LogP contribution in [0.25, 0.3) is 11.3 Å². The molecular weight excluding hydrogens is 306 g/mol. The first kappa shape index (κ1) is 16.3. The number of hydrogen-bond acceptors (Lipinski definition) is 7. The van der Waals surface area contributed by atoms with Crippen molar-refractivity contribution in [3.05, 3.63) is 18.2 Å². The van der Waals surface area contributed by atoms with E-state index in [0.717, 1.165) is 0 Å². The summed E-state index contributed by atoms with van der Waals surface area (Å²) in [5.41, 5.74) is 0.344. The van der Waals surface area contributed by atoms with E-state index in [0.29, 0.717) is 17.1 Å². The lowest BCUT2D eigenvalue weighted by Crippen LogP contribution is -2.12. The van der Waals surface area contributed by atoms with Crippen molar-refractivity contribution in [3.63, 3.8) is 0 Å². The minimum absolute atomic E-state index is 0.0787. The van der Waals surface area contributed by atoms with Gasteiger partial charge in [-0.3, -0.25) is 5.32 Å². The number of aromatic hydroxyl groups is 2. The van der Waals surface area contributed by atoms with Gasteiger partial charge in [0.15, 0.2) is 17.3 Å². The quantitative estimate of drug-likeness (QED) is 0.775. The number of para-hydroxylation sites is 1. The number of rotatable bonds is 5. The van der Waals surface area contributed by atoms with Crippen LogP contribution in [-0.4, -0.2) is 37.1 Å². The van der Waals surface area contributed by atoms with Gasteiger partial charge < -0.3 is 28.8 Å². The second-order valence-corrected chi connectivity index (χ2v) is 4.34. The van der Waals surface area contributed by atoms with Gasteiger partial charge in [0.2, 0.25) is 17.4 Å². The van der Waals surface area contributed by atoms with Gasteiger partial charge in [-0.05, 0) is 19.1 Å². The Morgan fingerprint density at radius 2 is 1.96 bits per heavy atom. The van der Waals surface area contributed by atoms with Crippen LogP contribution in [0.2, 0.25) is 0 Å². The third kappa shape index (κ3) is 3.10. The molecule has 1 aromatic carbocycles. The Morgan fingerprint density at radius 1 is 1.22 bits per heavy atom. The first-order valence-corrected chi connectivity index (χ1v) is 6.73. The molecule has 0 unspecified atom stereocenters. The molecule has 0 radical (unpaired) electrons. The number of amides is 1. The fourth-order valence-corrected chi connectivity index (χ4v) is 2.01. The SMILES string of the molecule is CCOC(=O)Nc1oc(-c2cccc(OC)c2OC)c(O)c1O. The maximum Gasteiger partial charge on any atom is 0.414 e. The molecule has 1 amide bonds. The Morgan fingerprint density at radius 3 is 2.57 bits per heavy atom. The smallest absolute Gasteiger partial charge is 0.414 e. The van der Waals surface area contributed by atoms with Crippen LogP contribution in [0.4, 0.5) is 10.7 Å². The number of nitrogens with one attached hydrogen (secondary N) is 1. The van der Waals surface area contributed by atoms with Crippen molar-refractivity contribution in [1.82, 2.24) is 0 Å². The summed E-state index contributed by atoms with van der Waals surface area (Å²) in [4.78, 5) is 11.4. The van der Waals surface area contributed by atoms with Gasteiger partial charge in [-0.15, -0.1) is 0 Å². The van der Waals surface area contributed by atoms with E-state index in [2.05, 4.69) is 10.1 Å². The van der Waals surface area contributed by atoms with Crippen LogP contribution >= 0.6 is 0 Å². The molecule has 0 bridgehead atoms. The summed E-state index contributed by atoms with van der Waals surface area (Å²) in [5, 5.41) is 22.2. The summed E-state index contributed by atoms with van der Waals surface area (Å²) in [6.45, 7) is 1.78. The van der Waals surface area contributed by atoms with Crippen molar-refractivity contribution in [2.45, 2.75) is 6.92 Å². The molecule has 124 valence electrons. The van der Waals surface area contributed by atoms with E-state index in [9.17, 15) is 15.0 Å². The fourth-order valence-electron chi connectivity index (χ4n) is 2.01. The van der Waals surface area contributed by atoms with Gasteiger partial charge in [0.1, 0.15) is 0 Å². The topological polar surface area (TPSA) is 110 Å². The Balaban J connectivity index is 2.47. The summed E-state index contributed by atoms with van der Waals surface area (Å²) < 4.78 is 20.5. The summed E-state index contributed by atoms with van der Waals surface area (Å²) in [7, 11) is 2.90. The molecule has 0 aliphatic rings. The fraction of sp³-hybridized carbons (Fsp3) is 0.267. The van der Waals surface area contributed by atoms with Gasteiger partial charge in [0.25, 0.3) is 0 Å². The average molecular weight is 323 g/mol. The molecular formula is C15H17NO7. The summed E-state index contributed by atoms with van der Waals surface area (Å²) in [5.74, 6) is -0.839. The molecule has 0 saturated heterocycles. The van der Waals surface area contributed by atoms with Gasteiger partial charge in [-0.25, -0.2) is 4.79 Å². The third-order valence-corrected chi connectivity index (χ3v) is 3.00. The Kier molecular flexibility index (Phi) is 4.85. The molecule has 2 rings (SSSR count). The van der Waals surface area contributed by atoms with E-state index in [1.54, 1.807) is 25.1 Å². The van der Waals surface area contributed by atoms with Crippen molar-refractivity contribution < 1.29 is 33.6 Å². The van der Waals surface area contributed by atoms with Crippen molar-refractivity contribution in [2.24, 2.45) is 0 Å². The van der Waals surface area contributed by atoms with Crippen LogP contribution in [0.15, 0.2) is 22.6 Å². The largest absolute Gasteiger partial charge is 0.502 e. The number of benzene rings is 1. The van der Waals surface area contributed by atoms with E-state index in [1.165, 1.54) is 14.2 Å². The molecule has 8 nitrogen and oxygen atoms in total. The lowest BCUT2D eigenvalue weighted by atomic mass is 10.1. The number of anilines is 1. The number of carbonyl (C=O) groups is 1. The zero-order chi connectivity index (χ0) is 17.0. The van der Waals surface area contributed by atoms with Gasteiger partial charge in [-0.2, -0.15) is 0 Å². The highest BCUT2D eigenvalue weighted by Gasteiger charge is 2.25. The number of furan rings is 1. The van der Waals surface area contributed by atoms with E-state index >= 15 is 0 Å². The highest BCUT2D eigenvalue weighted by molar-refractivity contribution is 5.88. The van der Waals surface area contributed by atoms with Crippen molar-refractivity contribution in [3.8, 4) is 34.3 Å². The molecule has 0 saturated carbocycles. The van der Waals surface area contributed by atoms with Gasteiger partial charge in [0.05, 0.1) is 26.4 Å². The lowest BCUT2D eigenvalue weighted by Gasteiger charge is -2.10. The molecule has 0 aliphatic heterocycles. The molecule has 2 aromatic rings. The standard InChI is InChI=1S/C15H17NO7/c1-4-22-15(19)16-14-11(18)10(17)13(23-14)8-6-5-7-9(20-2)12(8)21-3/h5-7,17-18H,4H2,1-3H3,(H,16,19). The van der Waals surface area contributed by atoms with Crippen molar-refractivity contribution >= 4 is 12.0 Å². The molecule has 0 spiro atoms. The van der Waals surface area contributed by atoms with Gasteiger partial charge in [-0.1, -0.05) is 6.07 Å². The predicted octanol–water partition coefficient (Wildman–Crippen LogP) is 2.94. The molecule has 8 heteroatoms. The second kappa shape index (κ2) is 6.82. The number of methoxy groups -OCH3 is 2. The first-order chi connectivity index (χ1) is 11.0. The van der Waals surface area contributed by atoms with Crippen LogP contribution in [-0.2, 0) is 4.74 Å². The normalized spacial score (nSPS) is 10.2. The van der Waals surface area contributed by atoms with E-state index < -0.39 is 17.6 Å². The highest BCUT2D eigenvalue weighted by Crippen LogP contribution is 2.49. The number of hydrogen-bond donors (Lipinski definition) is 3. The first-order valence-electron chi connectivity index (χ1n) is 6.73. The molecule has 0 aliphatic carbocycles. The van der Waals surface area contributed by atoms with Gasteiger partial charge >= 0.3 is 6.09 Å². The van der Waals surface area contributed by atoms with Crippen molar-refractivity contribution in [1.29, 1.82) is 0 Å². The van der Waals surface area contributed by atoms with Crippen LogP contribution in [0.3, 0.4) is 0 Å². The van der Waals surface area contributed by atoms with Crippen molar-refractivity contribution in [2.75, 3.05) is 26.1 Å². The van der Waals surface area contributed by atoms with Crippen LogP contribution in [0.5, 0.6) is 23.0 Å². The van der Waals surface area contributed by atoms with Gasteiger partial charge in [0, 0.05) is 0 Å². The predicted molar refractivity (Wildman–Crippen MR) is 81.2 cm³/mol. The third-order valence-electron chi connectivity index (χ3n) is 3.00. The molecule has 1 heterocycles. The Labute approximate surface area is 132 Å². The Hall–Kier alpha value is -3.03. The summed E-state index contributed by atoms with van der Waals surface area (Å²) in [6, 6.07) is 4.93. The molecule has 3 N–H and O–H groups in total. The van der Waals surface area contributed by atoms with E-state index in [4.69, 9.17) is 13.9 Å². The minimum atomic E-state index is -0.819. The summed E-state index contributed by atoms with van der Waals surface area (Å²) in [6.07, 6.45) is -0.819. The summed E-state index contributed by atoms with van der Waals surface area (Å²) >= 11 is 0. The van der Waals surface area contributed by atoms with Crippen LogP contribution in [0, 0.1) is 0 Å². The zero-order valence-electron chi connectivity index (χ0n) is 12.9. The number of carbonyl (C=O) groups excluding carboxylic acids is 1. The molecule has 23 heavy (non-hydrogen) atoms. The number of ether oxygens (including phenoxy) is 3. The second-order valence-electron chi connectivity index (χ2n) is 4.34. The lowest BCUT2D eigenvalue weighted by molar-refractivity contribution is 0.167. The zero-order valence-corrected chi connectivity index (χ0v) is 12.9. The minimum Gasteiger partial charge on any atom is -0.502 e. The maximum absolute atomic E-state index is 11.4. The van der Waals surface area contributed by atoms with E-state index in [-0.39, 0.29) is 18.3 Å². The monoisotopic (exact) mass is 323 g/mol. The van der Waals surface area contributed by atoms with Crippen LogP contribution < -0.4 is 14.8 Å². The molecule has 1 aromatic heterocycles. The van der Waals surface area contributed by atoms with E-state index in [1.807, 2.05) is 0 Å². The highest BCUT2D eigenvalue weighted by atomic mass is 16.6.